The van der Waals surface area contributed by atoms with Gasteiger partial charge in [0.25, 0.3) is 5.91 Å². The average molecular weight is 405 g/mol. The van der Waals surface area contributed by atoms with Crippen LogP contribution in [0.25, 0.3) is 11.0 Å². The second kappa shape index (κ2) is 8.75. The van der Waals surface area contributed by atoms with Crippen molar-refractivity contribution < 1.29 is 4.79 Å². The number of rotatable bonds is 4. The molecule has 0 radical (unpaired) electrons. The van der Waals surface area contributed by atoms with Gasteiger partial charge in [-0.2, -0.15) is 0 Å². The molecule has 1 N–H and O–H groups in total. The average Bonchev–Trinajstić information content (AvgIpc) is 2.97. The van der Waals surface area contributed by atoms with Crippen LogP contribution in [0.2, 0.25) is 0 Å². The molecule has 1 aromatic carbocycles. The number of aryl methyl sites for hydroxylation is 2. The van der Waals surface area contributed by atoms with E-state index in [0.29, 0.717) is 12.1 Å². The molecule has 4 rings (SSSR count). The van der Waals surface area contributed by atoms with Crippen molar-refractivity contribution in [2.45, 2.75) is 26.8 Å². The Kier molecular flexibility index (Phi) is 5.90. The minimum Gasteiger partial charge on any atom is -0.355 e. The molecule has 0 unspecified atom stereocenters. The van der Waals surface area contributed by atoms with Gasteiger partial charge in [-0.1, -0.05) is 6.07 Å². The number of pyridine rings is 1. The number of carbonyl (C=O) groups excluding carboxylic acids is 1. The molecule has 3 aromatic rings. The summed E-state index contributed by atoms with van der Waals surface area (Å²) in [5.41, 5.74) is 4.88. The lowest BCUT2D eigenvalue weighted by Crippen LogP contribution is -2.29. The molecule has 7 nitrogen and oxygen atoms in total. The number of hydrogen-bond acceptors (Lipinski definition) is 6. The molecule has 2 aromatic heterocycles. The molecule has 0 spiro atoms. The Morgan fingerprint density at radius 3 is 2.57 bits per heavy atom. The number of nitrogens with one attached hydrogen (secondary N) is 1. The normalized spacial score (nSPS) is 15.2. The van der Waals surface area contributed by atoms with Crippen molar-refractivity contribution in [3.8, 4) is 0 Å². The van der Waals surface area contributed by atoms with Gasteiger partial charge in [-0.25, -0.2) is 15.0 Å². The molecule has 1 aliphatic rings. The zero-order valence-electron chi connectivity index (χ0n) is 17.9. The molecule has 1 saturated heterocycles. The van der Waals surface area contributed by atoms with Crippen LogP contribution in [0.15, 0.2) is 36.5 Å². The van der Waals surface area contributed by atoms with Crippen LogP contribution < -0.4 is 10.2 Å². The highest BCUT2D eigenvalue weighted by Crippen LogP contribution is 2.16. The van der Waals surface area contributed by atoms with E-state index in [2.05, 4.69) is 37.1 Å². The Hall–Kier alpha value is -3.06. The maximum atomic E-state index is 12.6. The Labute approximate surface area is 177 Å². The molecule has 0 bridgehead atoms. The van der Waals surface area contributed by atoms with E-state index in [-0.39, 0.29) is 5.91 Å². The molecule has 30 heavy (non-hydrogen) atoms. The quantitative estimate of drug-likeness (QED) is 0.721. The molecule has 0 atom stereocenters. The lowest BCUT2D eigenvalue weighted by Gasteiger charge is -2.21. The Morgan fingerprint density at radius 2 is 1.80 bits per heavy atom. The fourth-order valence-corrected chi connectivity index (χ4v) is 3.64. The first-order chi connectivity index (χ1) is 14.5. The van der Waals surface area contributed by atoms with Crippen molar-refractivity contribution >= 4 is 22.8 Å². The highest BCUT2D eigenvalue weighted by molar-refractivity contribution is 5.97. The third-order valence-electron chi connectivity index (χ3n) is 5.64. The molecule has 0 aliphatic carbocycles. The van der Waals surface area contributed by atoms with Crippen molar-refractivity contribution in [3.05, 3.63) is 59.0 Å². The van der Waals surface area contributed by atoms with Crippen LogP contribution in [0.1, 0.15) is 33.7 Å². The smallest absolute Gasteiger partial charge is 0.251 e. The van der Waals surface area contributed by atoms with Gasteiger partial charge < -0.3 is 15.1 Å². The lowest BCUT2D eigenvalue weighted by molar-refractivity contribution is 0.0951. The zero-order valence-corrected chi connectivity index (χ0v) is 17.9. The monoisotopic (exact) mass is 404 g/mol. The lowest BCUT2D eigenvalue weighted by atomic mass is 10.1. The third-order valence-corrected chi connectivity index (χ3v) is 5.64. The van der Waals surface area contributed by atoms with Gasteiger partial charge in [0.1, 0.15) is 5.82 Å². The first-order valence-corrected chi connectivity index (χ1v) is 10.4. The maximum absolute atomic E-state index is 12.6. The third kappa shape index (κ3) is 4.57. The van der Waals surface area contributed by atoms with Crippen LogP contribution in [0.5, 0.6) is 0 Å². The summed E-state index contributed by atoms with van der Waals surface area (Å²) < 4.78 is 0. The van der Waals surface area contributed by atoms with Crippen molar-refractivity contribution in [2.75, 3.05) is 38.1 Å². The first-order valence-electron chi connectivity index (χ1n) is 10.4. The Balaban J connectivity index is 1.39. The van der Waals surface area contributed by atoms with Gasteiger partial charge in [0.15, 0.2) is 0 Å². The van der Waals surface area contributed by atoms with Crippen LogP contribution >= 0.6 is 0 Å². The van der Waals surface area contributed by atoms with Crippen LogP contribution in [0, 0.1) is 13.8 Å². The summed E-state index contributed by atoms with van der Waals surface area (Å²) in [6.07, 6.45) is 2.99. The molecular weight excluding hydrogens is 376 g/mol. The van der Waals surface area contributed by atoms with Crippen LogP contribution in [0.4, 0.5) is 5.82 Å². The highest BCUT2D eigenvalue weighted by atomic mass is 16.1. The molecule has 156 valence electrons. The van der Waals surface area contributed by atoms with Gasteiger partial charge in [0.2, 0.25) is 0 Å². The van der Waals surface area contributed by atoms with Crippen LogP contribution in [0.3, 0.4) is 0 Å². The summed E-state index contributed by atoms with van der Waals surface area (Å²) in [5.74, 6) is 0.871. The van der Waals surface area contributed by atoms with Gasteiger partial charge in [-0.15, -0.1) is 0 Å². The zero-order chi connectivity index (χ0) is 21.1. The number of fused-ring (bicyclic) bond motifs is 1. The Morgan fingerprint density at radius 1 is 1.00 bits per heavy atom. The summed E-state index contributed by atoms with van der Waals surface area (Å²) in [4.78, 5) is 31.0. The standard InChI is InChI=1S/C23H28N6O/c1-16-17(2)27-21-13-19(6-7-20(21)26-16)23(30)25-15-18-5-8-22(24-14-18)29-10-4-9-28(3)11-12-29/h5-8,13-14H,4,9-12,15H2,1-3H3,(H,25,30). The fraction of sp³-hybridized carbons (Fsp3) is 0.391. The second-order valence-corrected chi connectivity index (χ2v) is 7.95. The van der Waals surface area contributed by atoms with Crippen LogP contribution in [-0.2, 0) is 6.54 Å². The molecule has 1 amide bonds. The topological polar surface area (TPSA) is 74.2 Å². The van der Waals surface area contributed by atoms with E-state index in [9.17, 15) is 4.79 Å². The van der Waals surface area contributed by atoms with Gasteiger partial charge in [0, 0.05) is 37.9 Å². The number of nitrogens with zero attached hydrogens (tertiary/aromatic N) is 5. The van der Waals surface area contributed by atoms with E-state index in [4.69, 9.17) is 0 Å². The second-order valence-electron chi connectivity index (χ2n) is 7.95. The molecule has 1 aliphatic heterocycles. The predicted octanol–water partition coefficient (Wildman–Crippen LogP) is 2.71. The molecule has 3 heterocycles. The van der Waals surface area contributed by atoms with Crippen molar-refractivity contribution in [2.24, 2.45) is 0 Å². The van der Waals surface area contributed by atoms with E-state index < -0.39 is 0 Å². The Bertz CT molecular complexity index is 1050. The number of benzene rings is 1. The van der Waals surface area contributed by atoms with Crippen molar-refractivity contribution in [1.82, 2.24) is 25.2 Å². The van der Waals surface area contributed by atoms with E-state index >= 15 is 0 Å². The van der Waals surface area contributed by atoms with Gasteiger partial charge in [0.05, 0.1) is 22.4 Å². The van der Waals surface area contributed by atoms with Gasteiger partial charge in [-0.3, -0.25) is 4.79 Å². The molecule has 1 fully saturated rings. The SMILES string of the molecule is Cc1nc2ccc(C(=O)NCc3ccc(N4CCCN(C)CC4)nc3)cc2nc1C. The summed E-state index contributed by atoms with van der Waals surface area (Å²) >= 11 is 0. The summed E-state index contributed by atoms with van der Waals surface area (Å²) in [6, 6.07) is 9.51. The summed E-state index contributed by atoms with van der Waals surface area (Å²) in [7, 11) is 2.16. The molecule has 0 saturated carbocycles. The largest absolute Gasteiger partial charge is 0.355 e. The number of likely N-dealkylation sites (N-methyl/N-ethyl adjacent to an activating group) is 1. The van der Waals surface area contributed by atoms with E-state index in [1.54, 1.807) is 12.1 Å². The predicted molar refractivity (Wildman–Crippen MR) is 119 cm³/mol. The number of amides is 1. The number of carbonyl (C=O) groups is 1. The number of hydrogen-bond donors (Lipinski definition) is 1. The fourth-order valence-electron chi connectivity index (χ4n) is 3.64. The number of anilines is 1. The summed E-state index contributed by atoms with van der Waals surface area (Å²) in [5, 5.41) is 2.97. The first kappa shape index (κ1) is 20.2. The van der Waals surface area contributed by atoms with Crippen LogP contribution in [-0.4, -0.2) is 59.0 Å². The molecule has 7 heteroatoms. The van der Waals surface area contributed by atoms with Gasteiger partial charge in [-0.05, 0) is 63.7 Å². The van der Waals surface area contributed by atoms with E-state index in [0.717, 1.165) is 66.4 Å². The van der Waals surface area contributed by atoms with E-state index in [1.807, 2.05) is 38.2 Å². The van der Waals surface area contributed by atoms with Crippen molar-refractivity contribution in [1.29, 1.82) is 0 Å². The number of aromatic nitrogens is 3. The minimum absolute atomic E-state index is 0.128. The van der Waals surface area contributed by atoms with Gasteiger partial charge >= 0.3 is 0 Å². The maximum Gasteiger partial charge on any atom is 0.251 e. The minimum atomic E-state index is -0.128. The summed E-state index contributed by atoms with van der Waals surface area (Å²) in [6.45, 7) is 8.49. The van der Waals surface area contributed by atoms with Crippen molar-refractivity contribution in [3.63, 3.8) is 0 Å². The van der Waals surface area contributed by atoms with E-state index in [1.165, 1.54) is 0 Å². The highest BCUT2D eigenvalue weighted by Gasteiger charge is 2.14. The molecular formula is C23H28N6O.